The fourth-order valence-electron chi connectivity index (χ4n) is 10.7. The molecule has 0 saturated heterocycles. The van der Waals surface area contributed by atoms with E-state index in [2.05, 4.69) is 288 Å². The van der Waals surface area contributed by atoms with Gasteiger partial charge in [-0.3, -0.25) is 0 Å². The summed E-state index contributed by atoms with van der Waals surface area (Å²) in [6.45, 7) is 15.8. The van der Waals surface area contributed by atoms with Gasteiger partial charge in [0.05, 0.1) is 22.7 Å². The van der Waals surface area contributed by atoms with Gasteiger partial charge in [-0.1, -0.05) is 207 Å². The summed E-state index contributed by atoms with van der Waals surface area (Å²) in [6.07, 6.45) is 2.08. The first-order chi connectivity index (χ1) is 34.8. The van der Waals surface area contributed by atoms with Crippen LogP contribution in [0.5, 0.6) is 0 Å². The van der Waals surface area contributed by atoms with Gasteiger partial charge in [0.15, 0.2) is 0 Å². The molecule has 11 aromatic rings. The average Bonchev–Trinajstić information content (AvgIpc) is 3.41. The molecule has 342 valence electrons. The number of rotatable bonds is 11. The summed E-state index contributed by atoms with van der Waals surface area (Å²) in [7, 11) is 0. The number of hydrogen-bond donors (Lipinski definition) is 0. The maximum atomic E-state index is 4.65. The Bertz CT molecular complexity index is 3790. The maximum absolute atomic E-state index is 4.65. The average molecular weight is 913 g/mol. The zero-order chi connectivity index (χ0) is 48.6. The molecule has 0 unspecified atom stereocenters. The second kappa shape index (κ2) is 19.0. The largest absolute Gasteiger partial charge is 0.309 e. The number of anilines is 6. The van der Waals surface area contributed by atoms with Gasteiger partial charge in [-0.2, -0.15) is 0 Å². The van der Waals surface area contributed by atoms with Gasteiger partial charge in [-0.05, 0) is 148 Å². The van der Waals surface area contributed by atoms with Gasteiger partial charge in [-0.25, -0.2) is 0 Å². The Hall–Kier alpha value is -8.72. The highest BCUT2D eigenvalue weighted by molar-refractivity contribution is 6.19. The van der Waals surface area contributed by atoms with Crippen LogP contribution in [0.25, 0.3) is 72.1 Å². The summed E-state index contributed by atoms with van der Waals surface area (Å²) >= 11 is 0. The van der Waals surface area contributed by atoms with Gasteiger partial charge >= 0.3 is 0 Å². The van der Waals surface area contributed by atoms with Gasteiger partial charge in [0.1, 0.15) is 0 Å². The van der Waals surface area contributed by atoms with Crippen LogP contribution in [-0.2, 0) is 0 Å². The lowest BCUT2D eigenvalue weighted by Gasteiger charge is -2.32. The van der Waals surface area contributed by atoms with Crippen LogP contribution in [0.2, 0.25) is 0 Å². The van der Waals surface area contributed by atoms with Gasteiger partial charge in [0.2, 0.25) is 0 Å². The van der Waals surface area contributed by atoms with Crippen LogP contribution in [0.15, 0.2) is 237 Å². The van der Waals surface area contributed by atoms with E-state index in [0.29, 0.717) is 0 Å². The highest BCUT2D eigenvalue weighted by atomic mass is 15.2. The van der Waals surface area contributed by atoms with Crippen LogP contribution in [0.4, 0.5) is 34.1 Å². The van der Waals surface area contributed by atoms with Crippen molar-refractivity contribution in [2.45, 2.75) is 34.6 Å². The minimum atomic E-state index is 1.06. The monoisotopic (exact) mass is 912 g/mol. The molecule has 11 rings (SSSR count). The molecule has 0 radical (unpaired) electrons. The molecule has 71 heavy (non-hydrogen) atoms. The van der Waals surface area contributed by atoms with Crippen molar-refractivity contribution in [2.24, 2.45) is 0 Å². The van der Waals surface area contributed by atoms with E-state index in [1.165, 1.54) is 66.4 Å². The summed E-state index contributed by atoms with van der Waals surface area (Å²) in [4.78, 5) is 4.99. The Morgan fingerprint density at radius 1 is 0.296 bits per heavy atom. The van der Waals surface area contributed by atoms with Gasteiger partial charge in [0.25, 0.3) is 0 Å². The Labute approximate surface area is 419 Å². The topological polar surface area (TPSA) is 6.48 Å². The molecule has 0 saturated carbocycles. The van der Waals surface area contributed by atoms with Crippen LogP contribution in [0.3, 0.4) is 0 Å². The smallest absolute Gasteiger partial charge is 0.0540 e. The normalized spacial score (nSPS) is 11.2. The van der Waals surface area contributed by atoms with Crippen molar-refractivity contribution in [3.63, 3.8) is 0 Å². The van der Waals surface area contributed by atoms with Crippen molar-refractivity contribution in [3.05, 3.63) is 270 Å². The van der Waals surface area contributed by atoms with Gasteiger partial charge in [0, 0.05) is 33.5 Å². The number of hydrogen-bond acceptors (Lipinski definition) is 2. The molecule has 0 aliphatic carbocycles. The molecule has 0 aliphatic rings. The van der Waals surface area contributed by atoms with E-state index in [1.54, 1.807) is 0 Å². The molecule has 0 N–H and O–H groups in total. The SMILES string of the molecule is C=Cc1c(N(c2cc(-c3ccccc3C)ccc2C)c2ccccc2-c2ccccc2)ccc2ccc3c(N(c4cc(-c5ccccc5C)ccc4C)c4ccccc4-c4ccccc4)ccc(C)c3c12. The Morgan fingerprint density at radius 3 is 1.23 bits per heavy atom. The van der Waals surface area contributed by atoms with Gasteiger partial charge < -0.3 is 9.80 Å². The zero-order valence-electron chi connectivity index (χ0n) is 41.1. The first-order valence-electron chi connectivity index (χ1n) is 24.6. The number of para-hydroxylation sites is 2. The molecule has 0 atom stereocenters. The van der Waals surface area contributed by atoms with Crippen LogP contribution in [-0.4, -0.2) is 0 Å². The number of aryl methyl sites for hydroxylation is 5. The third kappa shape index (κ3) is 8.18. The molecular weight excluding hydrogens is 857 g/mol. The molecule has 0 bridgehead atoms. The molecule has 0 fully saturated rings. The quantitative estimate of drug-likeness (QED) is 0.119. The summed E-state index contributed by atoms with van der Waals surface area (Å²) in [5, 5.41) is 4.70. The maximum Gasteiger partial charge on any atom is 0.0540 e. The molecule has 2 heteroatoms. The van der Waals surface area contributed by atoms with Crippen molar-refractivity contribution in [1.29, 1.82) is 0 Å². The van der Waals surface area contributed by atoms with E-state index >= 15 is 0 Å². The predicted molar refractivity (Wildman–Crippen MR) is 306 cm³/mol. The van der Waals surface area contributed by atoms with Crippen molar-refractivity contribution in [1.82, 2.24) is 0 Å². The van der Waals surface area contributed by atoms with E-state index in [4.69, 9.17) is 0 Å². The zero-order valence-corrected chi connectivity index (χ0v) is 41.1. The third-order valence-corrected chi connectivity index (χ3v) is 14.3. The molecular formula is C69H56N2. The summed E-state index contributed by atoms with van der Waals surface area (Å²) < 4.78 is 0. The van der Waals surface area contributed by atoms with Crippen molar-refractivity contribution in [2.75, 3.05) is 9.80 Å². The molecule has 11 aromatic carbocycles. The second-order valence-electron chi connectivity index (χ2n) is 18.8. The molecule has 0 aromatic heterocycles. The van der Waals surface area contributed by atoms with E-state index in [9.17, 15) is 0 Å². The fraction of sp³-hybridized carbons (Fsp3) is 0.0725. The number of fused-ring (bicyclic) bond motifs is 3. The summed E-state index contributed by atoms with van der Waals surface area (Å²) in [5.74, 6) is 0. The van der Waals surface area contributed by atoms with Crippen LogP contribution in [0, 0.1) is 34.6 Å². The Morgan fingerprint density at radius 2 is 0.718 bits per heavy atom. The van der Waals surface area contributed by atoms with E-state index in [-0.39, 0.29) is 0 Å². The van der Waals surface area contributed by atoms with Crippen molar-refractivity contribution in [3.8, 4) is 44.5 Å². The van der Waals surface area contributed by atoms with E-state index in [1.807, 2.05) is 0 Å². The lowest BCUT2D eigenvalue weighted by atomic mass is 9.90. The van der Waals surface area contributed by atoms with Gasteiger partial charge in [-0.15, -0.1) is 0 Å². The summed E-state index contributed by atoms with van der Waals surface area (Å²) in [6, 6.07) is 84.3. The lowest BCUT2D eigenvalue weighted by Crippen LogP contribution is -2.15. The first kappa shape index (κ1) is 44.8. The second-order valence-corrected chi connectivity index (χ2v) is 18.8. The molecule has 0 heterocycles. The van der Waals surface area contributed by atoms with E-state index in [0.717, 1.165) is 67.2 Å². The minimum absolute atomic E-state index is 1.06. The highest BCUT2D eigenvalue weighted by Gasteiger charge is 2.26. The number of nitrogens with zero attached hydrogens (tertiary/aromatic N) is 2. The van der Waals surface area contributed by atoms with E-state index < -0.39 is 0 Å². The Balaban J connectivity index is 1.21. The molecule has 0 amide bonds. The highest BCUT2D eigenvalue weighted by Crippen LogP contribution is 2.50. The van der Waals surface area contributed by atoms with Crippen LogP contribution < -0.4 is 9.80 Å². The molecule has 0 spiro atoms. The fourth-order valence-corrected chi connectivity index (χ4v) is 10.7. The molecule has 2 nitrogen and oxygen atoms in total. The van der Waals surface area contributed by atoms with Crippen molar-refractivity contribution >= 4 is 61.7 Å². The number of benzene rings is 11. The first-order valence-corrected chi connectivity index (χ1v) is 24.6. The summed E-state index contributed by atoms with van der Waals surface area (Å²) in [5.41, 5.74) is 23.2. The standard InChI is InChI=1S/C69H56N2/c1-7-56-64(70(62-32-20-18-30-59(62)51-24-10-8-11-25-51)66-44-54(37-34-48(66)4)57-28-16-14-22-46(57)2)43-40-53-39-41-61-65(42-36-50(6)68(61)69(53)56)71(63-33-21-19-31-60(63)52-26-12-9-13-27-52)67-45-55(38-35-49(67)5)58-29-17-15-23-47(58)3/h7-45H,1H2,2-6H3. The Kier molecular flexibility index (Phi) is 12.0. The van der Waals surface area contributed by atoms with Crippen molar-refractivity contribution < 1.29 is 0 Å². The predicted octanol–water partition coefficient (Wildman–Crippen LogP) is 19.8. The lowest BCUT2D eigenvalue weighted by molar-refractivity contribution is 1.25. The molecule has 0 aliphatic heterocycles. The van der Waals surface area contributed by atoms with Crippen LogP contribution >= 0.6 is 0 Å². The third-order valence-electron chi connectivity index (χ3n) is 14.3. The van der Waals surface area contributed by atoms with Crippen LogP contribution in [0.1, 0.15) is 33.4 Å². The minimum Gasteiger partial charge on any atom is -0.309 e.